The zero-order valence-electron chi connectivity index (χ0n) is 11.3. The van der Waals surface area contributed by atoms with Crippen molar-refractivity contribution in [1.29, 1.82) is 0 Å². The van der Waals surface area contributed by atoms with Crippen LogP contribution in [0.4, 0.5) is 0 Å². The first-order chi connectivity index (χ1) is 7.77. The topological polar surface area (TPSA) is 12.0 Å². The molecule has 1 N–H and O–H groups in total. The molecule has 1 nitrogen and oxygen atoms in total. The minimum absolute atomic E-state index is 0.762. The molecule has 2 unspecified atom stereocenters. The van der Waals surface area contributed by atoms with Gasteiger partial charge >= 0.3 is 0 Å². The monoisotopic (exact) mass is 243 g/mol. The van der Waals surface area contributed by atoms with Gasteiger partial charge in [0.05, 0.1) is 0 Å². The first-order valence-corrected chi connectivity index (χ1v) is 8.24. The van der Waals surface area contributed by atoms with Crippen molar-refractivity contribution in [2.24, 2.45) is 11.8 Å². The molecule has 1 heterocycles. The molecule has 2 atom stereocenters. The van der Waals surface area contributed by atoms with Crippen LogP contribution < -0.4 is 5.32 Å². The van der Waals surface area contributed by atoms with Gasteiger partial charge in [-0.25, -0.2) is 0 Å². The lowest BCUT2D eigenvalue weighted by Gasteiger charge is -2.30. The highest BCUT2D eigenvalue weighted by molar-refractivity contribution is 7.99. The summed E-state index contributed by atoms with van der Waals surface area (Å²) in [5, 5.41) is 3.71. The number of hydrogen-bond donors (Lipinski definition) is 1. The highest BCUT2D eigenvalue weighted by atomic mass is 32.2. The fourth-order valence-corrected chi connectivity index (χ4v) is 3.98. The Balaban J connectivity index is 2.35. The van der Waals surface area contributed by atoms with Crippen molar-refractivity contribution in [3.63, 3.8) is 0 Å². The largest absolute Gasteiger partial charge is 0.314 e. The van der Waals surface area contributed by atoms with E-state index in [4.69, 9.17) is 0 Å². The Morgan fingerprint density at radius 3 is 2.50 bits per heavy atom. The van der Waals surface area contributed by atoms with Crippen molar-refractivity contribution in [2.75, 3.05) is 18.1 Å². The van der Waals surface area contributed by atoms with Crippen LogP contribution in [0.5, 0.6) is 0 Å². The lowest BCUT2D eigenvalue weighted by Crippen LogP contribution is -2.37. The van der Waals surface area contributed by atoms with Crippen LogP contribution in [0.1, 0.15) is 52.9 Å². The SMILES string of the molecule is CCCC(C)C(CC1CCSCC1)NCC. The van der Waals surface area contributed by atoms with Crippen molar-refractivity contribution in [3.05, 3.63) is 0 Å². The van der Waals surface area contributed by atoms with E-state index in [2.05, 4.69) is 37.8 Å². The maximum Gasteiger partial charge on any atom is 0.00952 e. The summed E-state index contributed by atoms with van der Waals surface area (Å²) in [6, 6.07) is 0.762. The minimum atomic E-state index is 0.762. The van der Waals surface area contributed by atoms with E-state index in [0.717, 1.165) is 24.4 Å². The number of hydrogen-bond acceptors (Lipinski definition) is 2. The molecule has 1 aliphatic heterocycles. The van der Waals surface area contributed by atoms with Gasteiger partial charge in [-0.1, -0.05) is 27.2 Å². The van der Waals surface area contributed by atoms with Gasteiger partial charge in [-0.15, -0.1) is 0 Å². The molecule has 0 aromatic rings. The van der Waals surface area contributed by atoms with Crippen LogP contribution in [0, 0.1) is 11.8 Å². The van der Waals surface area contributed by atoms with Gasteiger partial charge in [-0.3, -0.25) is 0 Å². The lowest BCUT2D eigenvalue weighted by atomic mass is 9.86. The van der Waals surface area contributed by atoms with Crippen molar-refractivity contribution >= 4 is 11.8 Å². The zero-order valence-corrected chi connectivity index (χ0v) is 12.1. The summed E-state index contributed by atoms with van der Waals surface area (Å²) in [5.74, 6) is 4.63. The second kappa shape index (κ2) is 8.41. The zero-order chi connectivity index (χ0) is 11.8. The molecular weight excluding hydrogens is 214 g/mol. The average Bonchev–Trinajstić information content (AvgIpc) is 2.30. The molecule has 1 fully saturated rings. The normalized spacial score (nSPS) is 21.9. The Hall–Kier alpha value is 0.310. The van der Waals surface area contributed by atoms with Gasteiger partial charge in [0.15, 0.2) is 0 Å². The molecule has 0 aromatic carbocycles. The number of rotatable bonds is 7. The quantitative estimate of drug-likeness (QED) is 0.727. The van der Waals surface area contributed by atoms with Crippen LogP contribution in [-0.2, 0) is 0 Å². The molecule has 1 aliphatic rings. The molecule has 0 bridgehead atoms. The summed E-state index contributed by atoms with van der Waals surface area (Å²) in [5.41, 5.74) is 0. The van der Waals surface area contributed by atoms with Crippen LogP contribution in [0.25, 0.3) is 0 Å². The van der Waals surface area contributed by atoms with E-state index in [-0.39, 0.29) is 0 Å². The first kappa shape index (κ1) is 14.4. The summed E-state index contributed by atoms with van der Waals surface area (Å²) in [4.78, 5) is 0. The maximum atomic E-state index is 3.71. The van der Waals surface area contributed by atoms with Gasteiger partial charge in [0.2, 0.25) is 0 Å². The minimum Gasteiger partial charge on any atom is -0.314 e. The van der Waals surface area contributed by atoms with E-state index in [1.54, 1.807) is 0 Å². The van der Waals surface area contributed by atoms with E-state index in [0.29, 0.717) is 0 Å². The van der Waals surface area contributed by atoms with Crippen LogP contribution in [0.3, 0.4) is 0 Å². The van der Waals surface area contributed by atoms with Crippen molar-refractivity contribution < 1.29 is 0 Å². The summed E-state index contributed by atoms with van der Waals surface area (Å²) in [7, 11) is 0. The highest BCUT2D eigenvalue weighted by Gasteiger charge is 2.22. The molecule has 1 rings (SSSR count). The van der Waals surface area contributed by atoms with E-state index in [1.807, 2.05) is 0 Å². The molecule has 96 valence electrons. The third kappa shape index (κ3) is 5.09. The standard InChI is InChI=1S/C14H29NS/c1-4-6-12(3)14(15-5-2)11-13-7-9-16-10-8-13/h12-15H,4-11H2,1-3H3. The average molecular weight is 243 g/mol. The van der Waals surface area contributed by atoms with Crippen LogP contribution >= 0.6 is 11.8 Å². The van der Waals surface area contributed by atoms with Gasteiger partial charge in [-0.05, 0) is 55.6 Å². The van der Waals surface area contributed by atoms with Gasteiger partial charge in [0, 0.05) is 6.04 Å². The number of nitrogens with one attached hydrogen (secondary N) is 1. The second-order valence-electron chi connectivity index (χ2n) is 5.22. The van der Waals surface area contributed by atoms with Gasteiger partial charge in [0.1, 0.15) is 0 Å². The Kier molecular flexibility index (Phi) is 7.55. The predicted molar refractivity (Wildman–Crippen MR) is 76.2 cm³/mol. The van der Waals surface area contributed by atoms with E-state index in [1.165, 1.54) is 43.6 Å². The molecular formula is C14H29NS. The molecule has 0 spiro atoms. The highest BCUT2D eigenvalue weighted by Crippen LogP contribution is 2.28. The lowest BCUT2D eigenvalue weighted by molar-refractivity contribution is 0.286. The molecule has 0 saturated carbocycles. The van der Waals surface area contributed by atoms with Crippen LogP contribution in [0.2, 0.25) is 0 Å². The maximum absolute atomic E-state index is 3.71. The van der Waals surface area contributed by atoms with Crippen molar-refractivity contribution in [3.8, 4) is 0 Å². The van der Waals surface area contributed by atoms with Gasteiger partial charge < -0.3 is 5.32 Å². The Morgan fingerprint density at radius 1 is 1.25 bits per heavy atom. The Bertz CT molecular complexity index is 166. The summed E-state index contributed by atoms with van der Waals surface area (Å²) >= 11 is 2.14. The van der Waals surface area contributed by atoms with E-state index >= 15 is 0 Å². The Morgan fingerprint density at radius 2 is 1.94 bits per heavy atom. The second-order valence-corrected chi connectivity index (χ2v) is 6.45. The fraction of sp³-hybridized carbons (Fsp3) is 1.00. The molecule has 0 aliphatic carbocycles. The van der Waals surface area contributed by atoms with Crippen molar-refractivity contribution in [2.45, 2.75) is 58.9 Å². The van der Waals surface area contributed by atoms with Gasteiger partial charge in [0.25, 0.3) is 0 Å². The molecule has 0 amide bonds. The molecule has 0 radical (unpaired) electrons. The van der Waals surface area contributed by atoms with E-state index < -0.39 is 0 Å². The number of thioether (sulfide) groups is 1. The first-order valence-electron chi connectivity index (χ1n) is 7.09. The van der Waals surface area contributed by atoms with Crippen LogP contribution in [-0.4, -0.2) is 24.1 Å². The third-order valence-electron chi connectivity index (χ3n) is 3.83. The molecule has 16 heavy (non-hydrogen) atoms. The summed E-state index contributed by atoms with van der Waals surface area (Å²) in [6.45, 7) is 8.09. The summed E-state index contributed by atoms with van der Waals surface area (Å²) < 4.78 is 0. The fourth-order valence-electron chi connectivity index (χ4n) is 2.78. The summed E-state index contributed by atoms with van der Waals surface area (Å²) in [6.07, 6.45) is 7.01. The third-order valence-corrected chi connectivity index (χ3v) is 4.87. The molecule has 1 saturated heterocycles. The van der Waals surface area contributed by atoms with Crippen LogP contribution in [0.15, 0.2) is 0 Å². The van der Waals surface area contributed by atoms with E-state index in [9.17, 15) is 0 Å². The molecule has 0 aromatic heterocycles. The predicted octanol–water partition coefficient (Wildman–Crippen LogP) is 3.93. The van der Waals surface area contributed by atoms with Gasteiger partial charge in [-0.2, -0.15) is 11.8 Å². The smallest absolute Gasteiger partial charge is 0.00952 e. The molecule has 2 heteroatoms. The van der Waals surface area contributed by atoms with Crippen molar-refractivity contribution in [1.82, 2.24) is 5.32 Å². The Labute approximate surface area is 106 Å².